The summed E-state index contributed by atoms with van der Waals surface area (Å²) in [4.78, 5) is 30.2. The second-order valence-electron chi connectivity index (χ2n) is 15.2. The molecule has 1 N–H and O–H groups in total. The zero-order chi connectivity index (χ0) is 36.8. The van der Waals surface area contributed by atoms with Crippen LogP contribution < -0.4 is 10.9 Å². The Morgan fingerprint density at radius 1 is 0.902 bits per heavy atom. The molecule has 51 heavy (non-hydrogen) atoms. The van der Waals surface area contributed by atoms with Crippen molar-refractivity contribution >= 4 is 33.1 Å². The number of aromatic nitrogens is 6. The molecule has 12 nitrogen and oxygen atoms in total. The SMILES string of the molecule is C[Si](C)(C)CCOCn1nc(-c2ccnc(NCCN3CCOCC3)n2)cc(-c2nc3ccc(C(F)(F)F)cc3n2COCC[Si](C)(C)C)c1=O. The Balaban J connectivity index is 1.54. The Bertz CT molecular complexity index is 1830. The third-order valence-electron chi connectivity index (χ3n) is 8.45. The van der Waals surface area contributed by atoms with E-state index in [0.29, 0.717) is 55.8 Å². The van der Waals surface area contributed by atoms with Gasteiger partial charge in [0.15, 0.2) is 0 Å². The molecule has 1 saturated heterocycles. The molecule has 0 atom stereocenters. The van der Waals surface area contributed by atoms with Crippen molar-refractivity contribution in [3.05, 3.63) is 52.4 Å². The minimum Gasteiger partial charge on any atom is -0.379 e. The Kier molecular flexibility index (Phi) is 12.5. The number of benzene rings is 1. The van der Waals surface area contributed by atoms with Gasteiger partial charge in [-0.3, -0.25) is 14.3 Å². The van der Waals surface area contributed by atoms with Crippen molar-refractivity contribution in [3.8, 4) is 22.8 Å². The molecule has 17 heteroatoms. The number of halogens is 3. The van der Waals surface area contributed by atoms with E-state index in [2.05, 4.69) is 59.6 Å². The number of morpholine rings is 1. The van der Waals surface area contributed by atoms with Gasteiger partial charge in [-0.15, -0.1) is 0 Å². The third-order valence-corrected chi connectivity index (χ3v) is 11.9. The van der Waals surface area contributed by atoms with Gasteiger partial charge in [0.2, 0.25) is 5.95 Å². The highest BCUT2D eigenvalue weighted by Gasteiger charge is 2.31. The van der Waals surface area contributed by atoms with E-state index in [4.69, 9.17) is 24.2 Å². The van der Waals surface area contributed by atoms with Crippen molar-refractivity contribution in [2.45, 2.75) is 71.0 Å². The van der Waals surface area contributed by atoms with Gasteiger partial charge in [0.1, 0.15) is 25.0 Å². The number of nitrogens with one attached hydrogen (secondary N) is 1. The van der Waals surface area contributed by atoms with Crippen molar-refractivity contribution in [2.75, 3.05) is 57.9 Å². The van der Waals surface area contributed by atoms with Gasteiger partial charge in [-0.25, -0.2) is 19.6 Å². The smallest absolute Gasteiger partial charge is 0.379 e. The van der Waals surface area contributed by atoms with E-state index < -0.39 is 33.4 Å². The molecule has 0 aliphatic carbocycles. The lowest BCUT2D eigenvalue weighted by molar-refractivity contribution is -0.137. The second kappa shape index (κ2) is 16.5. The molecule has 0 bridgehead atoms. The van der Waals surface area contributed by atoms with E-state index >= 15 is 0 Å². The summed E-state index contributed by atoms with van der Waals surface area (Å²) in [6.07, 6.45) is -2.95. The number of ether oxygens (including phenoxy) is 3. The van der Waals surface area contributed by atoms with Crippen LogP contribution >= 0.6 is 0 Å². The molecule has 278 valence electrons. The number of rotatable bonds is 16. The van der Waals surface area contributed by atoms with Gasteiger partial charge in [0.05, 0.1) is 41.1 Å². The van der Waals surface area contributed by atoms with E-state index in [0.717, 1.165) is 43.9 Å². The van der Waals surface area contributed by atoms with E-state index in [1.807, 2.05) is 0 Å². The molecule has 1 aliphatic rings. The third kappa shape index (κ3) is 11.0. The zero-order valence-electron chi connectivity index (χ0n) is 30.3. The fraction of sp³-hybridized carbons (Fsp3) is 0.559. The summed E-state index contributed by atoms with van der Waals surface area (Å²) in [7, 11) is -2.86. The molecule has 0 unspecified atom stereocenters. The first-order valence-corrected chi connectivity index (χ1v) is 24.7. The average Bonchev–Trinajstić information content (AvgIpc) is 3.42. The van der Waals surface area contributed by atoms with Gasteiger partial charge < -0.3 is 19.5 Å². The van der Waals surface area contributed by atoms with Gasteiger partial charge in [0.25, 0.3) is 5.56 Å². The number of hydrogen-bond donors (Lipinski definition) is 1. The number of imidazole rings is 1. The first-order valence-electron chi connectivity index (χ1n) is 17.3. The average molecular weight is 747 g/mol. The Labute approximate surface area is 298 Å². The van der Waals surface area contributed by atoms with Gasteiger partial charge in [-0.1, -0.05) is 39.3 Å². The summed E-state index contributed by atoms with van der Waals surface area (Å²) in [5, 5.41) is 7.90. The predicted octanol–water partition coefficient (Wildman–Crippen LogP) is 6.10. The molecule has 5 rings (SSSR count). The molecule has 0 radical (unpaired) electrons. The van der Waals surface area contributed by atoms with Crippen LogP contribution in [0.3, 0.4) is 0 Å². The van der Waals surface area contributed by atoms with Crippen molar-refractivity contribution in [1.82, 2.24) is 34.2 Å². The number of hydrogen-bond acceptors (Lipinski definition) is 10. The van der Waals surface area contributed by atoms with Gasteiger partial charge in [-0.05, 0) is 42.4 Å². The lowest BCUT2D eigenvalue weighted by atomic mass is 10.2. The molecule has 0 saturated carbocycles. The molecule has 3 aromatic heterocycles. The molecular weight excluding hydrogens is 698 g/mol. The maximum Gasteiger partial charge on any atom is 0.416 e. The standard InChI is InChI=1S/C34H49F3N8O4Si2/c1-50(2,3)19-17-48-23-44-30-21-25(34(35,36)37)7-8-28(30)40-31(44)26-22-29(42-45(32(26)46)24-49-18-20-51(4,5)6)27-9-10-38-33(41-27)39-11-12-43-13-15-47-16-14-43/h7-10,21-22H,11-20,23-24H2,1-6H3,(H,38,39,41). The van der Waals surface area contributed by atoms with Crippen LogP contribution in [0.5, 0.6) is 0 Å². The summed E-state index contributed by atoms with van der Waals surface area (Å²) in [6, 6.07) is 8.38. The lowest BCUT2D eigenvalue weighted by Crippen LogP contribution is -2.39. The Hall–Kier alpha value is -3.49. The first kappa shape index (κ1) is 38.7. The minimum absolute atomic E-state index is 0.0911. The highest BCUT2D eigenvalue weighted by atomic mass is 28.3. The van der Waals surface area contributed by atoms with E-state index in [-0.39, 0.29) is 30.4 Å². The van der Waals surface area contributed by atoms with E-state index in [1.54, 1.807) is 18.3 Å². The second-order valence-corrected chi connectivity index (χ2v) is 26.4. The maximum absolute atomic E-state index is 14.1. The van der Waals surface area contributed by atoms with Gasteiger partial charge >= 0.3 is 6.18 Å². The van der Waals surface area contributed by atoms with Crippen LogP contribution in [0, 0.1) is 0 Å². The van der Waals surface area contributed by atoms with Gasteiger partial charge in [0, 0.05) is 61.7 Å². The number of alkyl halides is 3. The number of fused-ring (bicyclic) bond motifs is 1. The minimum atomic E-state index is -4.56. The largest absolute Gasteiger partial charge is 0.416 e. The topological polar surface area (TPSA) is 121 Å². The molecule has 0 amide bonds. The van der Waals surface area contributed by atoms with Crippen LogP contribution in [-0.2, 0) is 33.8 Å². The summed E-state index contributed by atoms with van der Waals surface area (Å²) in [5.41, 5.74) is 0.125. The lowest BCUT2D eigenvalue weighted by Gasteiger charge is -2.26. The summed E-state index contributed by atoms with van der Waals surface area (Å²) >= 11 is 0. The fourth-order valence-corrected chi connectivity index (χ4v) is 6.86. The predicted molar refractivity (Wildman–Crippen MR) is 197 cm³/mol. The molecule has 4 heterocycles. The van der Waals surface area contributed by atoms with Crippen LogP contribution in [0.4, 0.5) is 19.1 Å². The fourth-order valence-electron chi connectivity index (χ4n) is 5.35. The molecule has 0 spiro atoms. The number of anilines is 1. The molecule has 1 aromatic carbocycles. The van der Waals surface area contributed by atoms with Crippen molar-refractivity contribution in [2.24, 2.45) is 0 Å². The van der Waals surface area contributed by atoms with Crippen LogP contribution in [0.2, 0.25) is 51.4 Å². The molecule has 1 fully saturated rings. The van der Waals surface area contributed by atoms with Crippen LogP contribution in [0.1, 0.15) is 5.56 Å². The maximum atomic E-state index is 14.1. The summed E-state index contributed by atoms with van der Waals surface area (Å²) < 4.78 is 61.7. The normalized spacial score (nSPS) is 14.8. The van der Waals surface area contributed by atoms with Crippen molar-refractivity contribution < 1.29 is 27.4 Å². The monoisotopic (exact) mass is 746 g/mol. The highest BCUT2D eigenvalue weighted by molar-refractivity contribution is 6.76. The van der Waals surface area contributed by atoms with Crippen LogP contribution in [0.25, 0.3) is 33.8 Å². The van der Waals surface area contributed by atoms with Gasteiger partial charge in [-0.2, -0.15) is 18.3 Å². The quantitative estimate of drug-likeness (QED) is 0.106. The summed E-state index contributed by atoms with van der Waals surface area (Å²) in [6.45, 7) is 18.6. The van der Waals surface area contributed by atoms with Crippen LogP contribution in [0.15, 0.2) is 41.3 Å². The molecule has 1 aliphatic heterocycles. The summed E-state index contributed by atoms with van der Waals surface area (Å²) in [5.74, 6) is 0.565. The molecular formula is C34H49F3N8O4Si2. The zero-order valence-corrected chi connectivity index (χ0v) is 32.3. The highest BCUT2D eigenvalue weighted by Crippen LogP contribution is 2.33. The Morgan fingerprint density at radius 3 is 2.25 bits per heavy atom. The van der Waals surface area contributed by atoms with Crippen molar-refractivity contribution in [3.63, 3.8) is 0 Å². The first-order chi connectivity index (χ1) is 24.1. The van der Waals surface area contributed by atoms with Crippen LogP contribution in [-0.4, -0.2) is 103 Å². The van der Waals surface area contributed by atoms with E-state index in [1.165, 1.54) is 15.3 Å². The Morgan fingerprint density at radius 2 is 1.59 bits per heavy atom. The van der Waals surface area contributed by atoms with E-state index in [9.17, 15) is 18.0 Å². The van der Waals surface area contributed by atoms with Crippen molar-refractivity contribution in [1.29, 1.82) is 0 Å². The molecule has 4 aromatic rings. The number of nitrogens with zero attached hydrogens (tertiary/aromatic N) is 7.